The molecular formula is C16H21N5OS. The van der Waals surface area contributed by atoms with Crippen LogP contribution in [0.5, 0.6) is 0 Å². The SMILES string of the molecule is CC(C)N(C(=O)CSc1nnc(C2CC2)n1N)c1ccccc1. The Morgan fingerprint density at radius 1 is 1.35 bits per heavy atom. The Labute approximate surface area is 140 Å². The highest BCUT2D eigenvalue weighted by atomic mass is 32.2. The van der Waals surface area contributed by atoms with Crippen molar-refractivity contribution in [2.24, 2.45) is 0 Å². The number of nitrogens with zero attached hydrogens (tertiary/aromatic N) is 4. The third-order valence-corrected chi connectivity index (χ3v) is 4.71. The smallest absolute Gasteiger partial charge is 0.237 e. The van der Waals surface area contributed by atoms with Crippen LogP contribution in [-0.2, 0) is 4.79 Å². The van der Waals surface area contributed by atoms with Crippen molar-refractivity contribution < 1.29 is 4.79 Å². The van der Waals surface area contributed by atoms with Gasteiger partial charge in [-0.1, -0.05) is 30.0 Å². The van der Waals surface area contributed by atoms with E-state index in [2.05, 4.69) is 10.2 Å². The number of thioether (sulfide) groups is 1. The molecule has 23 heavy (non-hydrogen) atoms. The number of amides is 1. The highest BCUT2D eigenvalue weighted by Crippen LogP contribution is 2.39. The molecule has 1 aromatic heterocycles. The van der Waals surface area contributed by atoms with Gasteiger partial charge in [0.25, 0.3) is 0 Å². The number of para-hydroxylation sites is 1. The van der Waals surface area contributed by atoms with Gasteiger partial charge in [0.15, 0.2) is 5.82 Å². The summed E-state index contributed by atoms with van der Waals surface area (Å²) in [5.41, 5.74) is 0.904. The van der Waals surface area contributed by atoms with Gasteiger partial charge in [-0.3, -0.25) is 4.79 Å². The molecule has 0 bridgehead atoms. The van der Waals surface area contributed by atoms with Crippen LogP contribution < -0.4 is 10.7 Å². The quantitative estimate of drug-likeness (QED) is 0.650. The van der Waals surface area contributed by atoms with Gasteiger partial charge in [0.1, 0.15) is 0 Å². The van der Waals surface area contributed by atoms with E-state index in [0.717, 1.165) is 24.4 Å². The number of carbonyl (C=O) groups is 1. The Morgan fingerprint density at radius 2 is 2.04 bits per heavy atom. The van der Waals surface area contributed by atoms with E-state index in [1.165, 1.54) is 16.4 Å². The maximum atomic E-state index is 12.6. The minimum absolute atomic E-state index is 0.0344. The minimum Gasteiger partial charge on any atom is -0.336 e. The van der Waals surface area contributed by atoms with E-state index in [9.17, 15) is 4.79 Å². The summed E-state index contributed by atoms with van der Waals surface area (Å²) < 4.78 is 1.53. The van der Waals surface area contributed by atoms with Gasteiger partial charge in [-0.05, 0) is 38.8 Å². The lowest BCUT2D eigenvalue weighted by atomic mass is 10.2. The molecule has 1 saturated carbocycles. The highest BCUT2D eigenvalue weighted by Gasteiger charge is 2.30. The summed E-state index contributed by atoms with van der Waals surface area (Å²) in [7, 11) is 0. The molecule has 1 aliphatic rings. The summed E-state index contributed by atoms with van der Waals surface area (Å²) >= 11 is 1.33. The topological polar surface area (TPSA) is 77.0 Å². The molecule has 1 heterocycles. The van der Waals surface area contributed by atoms with Gasteiger partial charge in [0.05, 0.1) is 5.75 Å². The molecule has 1 aromatic carbocycles. The summed E-state index contributed by atoms with van der Waals surface area (Å²) in [4.78, 5) is 14.4. The molecule has 6 nitrogen and oxygen atoms in total. The van der Waals surface area contributed by atoms with E-state index < -0.39 is 0 Å². The van der Waals surface area contributed by atoms with Crippen LogP contribution in [0.4, 0.5) is 5.69 Å². The molecule has 0 radical (unpaired) electrons. The highest BCUT2D eigenvalue weighted by molar-refractivity contribution is 7.99. The van der Waals surface area contributed by atoms with Crippen molar-refractivity contribution in [2.45, 2.75) is 43.8 Å². The number of hydrogen-bond acceptors (Lipinski definition) is 5. The van der Waals surface area contributed by atoms with Gasteiger partial charge < -0.3 is 10.7 Å². The molecule has 7 heteroatoms. The van der Waals surface area contributed by atoms with Gasteiger partial charge in [-0.15, -0.1) is 10.2 Å². The van der Waals surface area contributed by atoms with Crippen LogP contribution in [0.25, 0.3) is 0 Å². The van der Waals surface area contributed by atoms with Gasteiger partial charge >= 0.3 is 0 Å². The molecule has 2 aromatic rings. The molecular weight excluding hydrogens is 310 g/mol. The fraction of sp³-hybridized carbons (Fsp3) is 0.438. The number of rotatable bonds is 6. The zero-order chi connectivity index (χ0) is 16.4. The van der Waals surface area contributed by atoms with E-state index in [-0.39, 0.29) is 17.7 Å². The molecule has 1 fully saturated rings. The van der Waals surface area contributed by atoms with Crippen LogP contribution in [0.1, 0.15) is 38.4 Å². The first-order valence-electron chi connectivity index (χ1n) is 7.78. The number of nitrogen functional groups attached to an aromatic ring is 1. The average molecular weight is 331 g/mol. The maximum Gasteiger partial charge on any atom is 0.237 e. The molecule has 3 rings (SSSR count). The Bertz CT molecular complexity index is 681. The number of aromatic nitrogens is 3. The van der Waals surface area contributed by atoms with Crippen LogP contribution in [0.2, 0.25) is 0 Å². The van der Waals surface area contributed by atoms with Crippen LogP contribution >= 0.6 is 11.8 Å². The van der Waals surface area contributed by atoms with Crippen LogP contribution in [0.15, 0.2) is 35.5 Å². The van der Waals surface area contributed by atoms with E-state index in [1.807, 2.05) is 44.2 Å². The van der Waals surface area contributed by atoms with Gasteiger partial charge in [-0.2, -0.15) is 0 Å². The van der Waals surface area contributed by atoms with Crippen LogP contribution in [0, 0.1) is 0 Å². The molecule has 0 saturated heterocycles. The summed E-state index contributed by atoms with van der Waals surface area (Å²) in [5, 5.41) is 8.84. The van der Waals surface area contributed by atoms with Crippen LogP contribution in [0.3, 0.4) is 0 Å². The first-order valence-corrected chi connectivity index (χ1v) is 8.76. The van der Waals surface area contributed by atoms with Crippen molar-refractivity contribution in [3.8, 4) is 0 Å². The average Bonchev–Trinajstić information content (AvgIpc) is 3.30. The Kier molecular flexibility index (Phi) is 4.56. The fourth-order valence-corrected chi connectivity index (χ4v) is 3.24. The first-order chi connectivity index (χ1) is 11.1. The van der Waals surface area contributed by atoms with Crippen LogP contribution in [-0.4, -0.2) is 32.6 Å². The third-order valence-electron chi connectivity index (χ3n) is 3.78. The van der Waals surface area contributed by atoms with Crippen molar-refractivity contribution in [1.29, 1.82) is 0 Å². The van der Waals surface area contributed by atoms with E-state index in [0.29, 0.717) is 11.1 Å². The standard InChI is InChI=1S/C16H21N5OS/c1-11(2)20(13-6-4-3-5-7-13)14(22)10-23-16-19-18-15(21(16)17)12-8-9-12/h3-7,11-12H,8-10,17H2,1-2H3. The number of hydrogen-bond donors (Lipinski definition) is 1. The lowest BCUT2D eigenvalue weighted by Gasteiger charge is -2.26. The summed E-state index contributed by atoms with van der Waals surface area (Å²) in [6, 6.07) is 9.78. The zero-order valence-electron chi connectivity index (χ0n) is 13.3. The summed E-state index contributed by atoms with van der Waals surface area (Å²) in [5.74, 6) is 7.60. The zero-order valence-corrected chi connectivity index (χ0v) is 14.2. The van der Waals surface area contributed by atoms with Crippen molar-refractivity contribution in [3.05, 3.63) is 36.2 Å². The van der Waals surface area contributed by atoms with Crippen molar-refractivity contribution in [3.63, 3.8) is 0 Å². The predicted molar refractivity (Wildman–Crippen MR) is 91.9 cm³/mol. The lowest BCUT2D eigenvalue weighted by molar-refractivity contribution is -0.116. The normalized spacial score (nSPS) is 14.2. The monoisotopic (exact) mass is 331 g/mol. The van der Waals surface area contributed by atoms with Crippen molar-refractivity contribution in [2.75, 3.05) is 16.5 Å². The summed E-state index contributed by atoms with van der Waals surface area (Å²) in [6.07, 6.45) is 2.24. The van der Waals surface area contributed by atoms with E-state index in [1.54, 1.807) is 4.90 Å². The van der Waals surface area contributed by atoms with Gasteiger partial charge in [0.2, 0.25) is 11.1 Å². The van der Waals surface area contributed by atoms with Gasteiger partial charge in [-0.25, -0.2) is 4.68 Å². The maximum absolute atomic E-state index is 12.6. The molecule has 0 aliphatic heterocycles. The van der Waals surface area contributed by atoms with E-state index >= 15 is 0 Å². The Balaban J connectivity index is 1.68. The molecule has 2 N–H and O–H groups in total. The number of benzene rings is 1. The largest absolute Gasteiger partial charge is 0.336 e. The van der Waals surface area contributed by atoms with Crippen molar-refractivity contribution >= 4 is 23.4 Å². The first kappa shape index (κ1) is 15.9. The number of anilines is 1. The van der Waals surface area contributed by atoms with E-state index in [4.69, 9.17) is 5.84 Å². The number of nitrogens with two attached hydrogens (primary N) is 1. The number of carbonyl (C=O) groups excluding carboxylic acids is 1. The second kappa shape index (κ2) is 6.62. The molecule has 0 spiro atoms. The second-order valence-electron chi connectivity index (χ2n) is 5.97. The second-order valence-corrected chi connectivity index (χ2v) is 6.91. The Hall–Kier alpha value is -2.02. The minimum atomic E-state index is 0.0344. The molecule has 0 atom stereocenters. The summed E-state index contributed by atoms with van der Waals surface area (Å²) in [6.45, 7) is 4.01. The molecule has 122 valence electrons. The van der Waals surface area contributed by atoms with Crippen molar-refractivity contribution in [1.82, 2.24) is 14.9 Å². The molecule has 0 unspecified atom stereocenters. The molecule has 1 amide bonds. The molecule has 1 aliphatic carbocycles. The Morgan fingerprint density at radius 3 is 2.65 bits per heavy atom. The predicted octanol–water partition coefficient (Wildman–Crippen LogP) is 2.40. The third kappa shape index (κ3) is 3.50. The lowest BCUT2D eigenvalue weighted by Crippen LogP contribution is -2.38. The van der Waals surface area contributed by atoms with Gasteiger partial charge in [0, 0.05) is 17.6 Å². The fourth-order valence-electron chi connectivity index (χ4n) is 2.52.